The number of carbonyl (C=O) groups is 1. The van der Waals surface area contributed by atoms with E-state index in [1.165, 1.54) is 0 Å². The number of hydrogen-bond donors (Lipinski definition) is 0. The van der Waals surface area contributed by atoms with Crippen molar-refractivity contribution in [2.75, 3.05) is 12.0 Å². The van der Waals surface area contributed by atoms with Crippen molar-refractivity contribution in [2.24, 2.45) is 0 Å². The molecule has 0 saturated heterocycles. The minimum Gasteiger partial charge on any atom is -0.497 e. The normalized spacial score (nSPS) is 10.4. The Balaban J connectivity index is 1.95. The van der Waals surface area contributed by atoms with Gasteiger partial charge in [-0.3, -0.25) is 4.79 Å². The Morgan fingerprint density at radius 2 is 1.88 bits per heavy atom. The molecule has 0 N–H and O–H groups in total. The van der Waals surface area contributed by atoms with Crippen LogP contribution in [0.25, 0.3) is 0 Å². The van der Waals surface area contributed by atoms with Gasteiger partial charge in [-0.2, -0.15) is 0 Å². The third-order valence-corrected chi connectivity index (χ3v) is 4.65. The molecule has 1 aromatic heterocycles. The second-order valence-electron chi connectivity index (χ2n) is 5.54. The quantitative estimate of drug-likeness (QED) is 0.662. The van der Waals surface area contributed by atoms with E-state index in [1.54, 1.807) is 23.3 Å². The van der Waals surface area contributed by atoms with E-state index in [2.05, 4.69) is 0 Å². The van der Waals surface area contributed by atoms with Crippen molar-refractivity contribution in [3.05, 3.63) is 82.0 Å². The first-order valence-electron chi connectivity index (χ1n) is 7.72. The largest absolute Gasteiger partial charge is 0.497 e. The van der Waals surface area contributed by atoms with Gasteiger partial charge in [-0.25, -0.2) is 0 Å². The lowest BCUT2D eigenvalue weighted by atomic mass is 10.1. The third kappa shape index (κ3) is 3.66. The Bertz CT molecular complexity index is 810. The van der Waals surface area contributed by atoms with Crippen LogP contribution in [0.15, 0.2) is 66.0 Å². The maximum absolute atomic E-state index is 13.1. The van der Waals surface area contributed by atoms with Gasteiger partial charge in [0.1, 0.15) is 5.75 Å². The Labute approximate surface area is 146 Å². The molecule has 0 aliphatic rings. The fourth-order valence-electron chi connectivity index (χ4n) is 2.53. The van der Waals surface area contributed by atoms with Crippen LogP contribution in [0.5, 0.6) is 5.75 Å². The van der Waals surface area contributed by atoms with Crippen molar-refractivity contribution in [3.63, 3.8) is 0 Å². The molecule has 3 aromatic rings. The molecule has 0 spiro atoms. The van der Waals surface area contributed by atoms with Crippen LogP contribution in [-0.2, 0) is 6.54 Å². The highest BCUT2D eigenvalue weighted by Gasteiger charge is 2.19. The average Bonchev–Trinajstić information content (AvgIpc) is 3.12. The smallest absolute Gasteiger partial charge is 0.258 e. The number of methoxy groups -OCH3 is 1. The standard InChI is InChI=1S/C20H19NO2S/c1-15-5-3-6-16(13-15)20(22)21(14-19-7-4-12-24-19)17-8-10-18(23-2)11-9-17/h3-13H,14H2,1-2H3. The zero-order chi connectivity index (χ0) is 16.9. The number of hydrogen-bond acceptors (Lipinski definition) is 3. The van der Waals surface area contributed by atoms with Gasteiger partial charge in [-0.15, -0.1) is 11.3 Å². The van der Waals surface area contributed by atoms with E-state index in [-0.39, 0.29) is 5.91 Å². The first-order chi connectivity index (χ1) is 11.7. The lowest BCUT2D eigenvalue weighted by molar-refractivity contribution is 0.0985. The molecule has 0 saturated carbocycles. The maximum Gasteiger partial charge on any atom is 0.258 e. The Hall–Kier alpha value is -2.59. The molecule has 1 heterocycles. The van der Waals surface area contributed by atoms with Gasteiger partial charge >= 0.3 is 0 Å². The molecule has 0 aliphatic heterocycles. The molecule has 3 rings (SSSR count). The van der Waals surface area contributed by atoms with E-state index in [0.717, 1.165) is 21.9 Å². The third-order valence-electron chi connectivity index (χ3n) is 3.79. The summed E-state index contributed by atoms with van der Waals surface area (Å²) in [5.41, 5.74) is 2.63. The van der Waals surface area contributed by atoms with Gasteiger partial charge in [-0.05, 0) is 54.8 Å². The number of amides is 1. The maximum atomic E-state index is 13.1. The molecule has 24 heavy (non-hydrogen) atoms. The summed E-state index contributed by atoms with van der Waals surface area (Å²) in [4.78, 5) is 16.0. The first-order valence-corrected chi connectivity index (χ1v) is 8.60. The summed E-state index contributed by atoms with van der Waals surface area (Å²) in [6, 6.07) is 19.3. The predicted octanol–water partition coefficient (Wildman–Crippen LogP) is 4.91. The molecule has 0 bridgehead atoms. The van der Waals surface area contributed by atoms with E-state index in [9.17, 15) is 4.79 Å². The summed E-state index contributed by atoms with van der Waals surface area (Å²) in [7, 11) is 1.64. The summed E-state index contributed by atoms with van der Waals surface area (Å²) < 4.78 is 5.21. The molecular formula is C20H19NO2S. The molecule has 0 radical (unpaired) electrons. The fraction of sp³-hybridized carbons (Fsp3) is 0.150. The molecule has 0 fully saturated rings. The average molecular weight is 337 g/mol. The highest BCUT2D eigenvalue weighted by molar-refractivity contribution is 7.09. The van der Waals surface area contributed by atoms with Crippen LogP contribution >= 0.6 is 11.3 Å². The van der Waals surface area contributed by atoms with Gasteiger partial charge < -0.3 is 9.64 Å². The van der Waals surface area contributed by atoms with Gasteiger partial charge in [0.2, 0.25) is 0 Å². The van der Waals surface area contributed by atoms with Gasteiger partial charge in [0.05, 0.1) is 13.7 Å². The molecule has 2 aromatic carbocycles. The molecular weight excluding hydrogens is 318 g/mol. The number of nitrogens with zero attached hydrogens (tertiary/aromatic N) is 1. The number of thiophene rings is 1. The van der Waals surface area contributed by atoms with Crippen LogP contribution in [0.4, 0.5) is 5.69 Å². The summed E-state index contributed by atoms with van der Waals surface area (Å²) >= 11 is 1.65. The van der Waals surface area contributed by atoms with Crippen LogP contribution in [0.1, 0.15) is 20.8 Å². The van der Waals surface area contributed by atoms with Crippen LogP contribution in [0.2, 0.25) is 0 Å². The molecule has 4 heteroatoms. The number of aryl methyl sites for hydroxylation is 1. The number of ether oxygens (including phenoxy) is 1. The second kappa shape index (κ2) is 7.32. The molecule has 1 amide bonds. The number of carbonyl (C=O) groups excluding carboxylic acids is 1. The SMILES string of the molecule is COc1ccc(N(Cc2cccs2)C(=O)c2cccc(C)c2)cc1. The second-order valence-corrected chi connectivity index (χ2v) is 6.57. The van der Waals surface area contributed by atoms with Crippen molar-refractivity contribution in [3.8, 4) is 5.75 Å². The van der Waals surface area contributed by atoms with E-state index in [4.69, 9.17) is 4.74 Å². The monoisotopic (exact) mass is 337 g/mol. The summed E-state index contributed by atoms with van der Waals surface area (Å²) in [6.07, 6.45) is 0. The van der Waals surface area contributed by atoms with E-state index in [1.807, 2.05) is 73.0 Å². The van der Waals surface area contributed by atoms with Crippen molar-refractivity contribution >= 4 is 22.9 Å². The van der Waals surface area contributed by atoms with Crippen molar-refractivity contribution < 1.29 is 9.53 Å². The minimum atomic E-state index is -0.00253. The van der Waals surface area contributed by atoms with Crippen LogP contribution in [-0.4, -0.2) is 13.0 Å². The van der Waals surface area contributed by atoms with E-state index < -0.39 is 0 Å². The fourth-order valence-corrected chi connectivity index (χ4v) is 3.23. The van der Waals surface area contributed by atoms with Crippen LogP contribution < -0.4 is 9.64 Å². The van der Waals surface area contributed by atoms with Crippen LogP contribution in [0.3, 0.4) is 0 Å². The lowest BCUT2D eigenvalue weighted by Crippen LogP contribution is -2.30. The lowest BCUT2D eigenvalue weighted by Gasteiger charge is -2.23. The minimum absolute atomic E-state index is 0.00253. The number of benzene rings is 2. The Morgan fingerprint density at radius 3 is 2.50 bits per heavy atom. The van der Waals surface area contributed by atoms with Gasteiger partial charge in [0.15, 0.2) is 0 Å². The molecule has 3 nitrogen and oxygen atoms in total. The van der Waals surface area contributed by atoms with E-state index in [0.29, 0.717) is 12.1 Å². The number of anilines is 1. The summed E-state index contributed by atoms with van der Waals surface area (Å²) in [6.45, 7) is 2.55. The van der Waals surface area contributed by atoms with Gasteiger partial charge in [0, 0.05) is 16.1 Å². The van der Waals surface area contributed by atoms with Crippen molar-refractivity contribution in [1.82, 2.24) is 0 Å². The van der Waals surface area contributed by atoms with Gasteiger partial charge in [0.25, 0.3) is 5.91 Å². The van der Waals surface area contributed by atoms with Crippen molar-refractivity contribution in [2.45, 2.75) is 13.5 Å². The summed E-state index contributed by atoms with van der Waals surface area (Å²) in [5, 5.41) is 2.03. The highest BCUT2D eigenvalue weighted by atomic mass is 32.1. The van der Waals surface area contributed by atoms with Crippen LogP contribution in [0, 0.1) is 6.92 Å². The Morgan fingerprint density at radius 1 is 1.08 bits per heavy atom. The predicted molar refractivity (Wildman–Crippen MR) is 99.0 cm³/mol. The molecule has 0 aliphatic carbocycles. The van der Waals surface area contributed by atoms with E-state index >= 15 is 0 Å². The Kier molecular flexibility index (Phi) is 4.96. The molecule has 122 valence electrons. The highest BCUT2D eigenvalue weighted by Crippen LogP contribution is 2.24. The molecule has 0 unspecified atom stereocenters. The summed E-state index contributed by atoms with van der Waals surface area (Å²) in [5.74, 6) is 0.773. The zero-order valence-corrected chi connectivity index (χ0v) is 14.5. The van der Waals surface area contributed by atoms with Gasteiger partial charge in [-0.1, -0.05) is 23.8 Å². The molecule has 0 atom stereocenters. The van der Waals surface area contributed by atoms with Crippen molar-refractivity contribution in [1.29, 1.82) is 0 Å². The number of rotatable bonds is 5. The first kappa shape index (κ1) is 16.3. The zero-order valence-electron chi connectivity index (χ0n) is 13.7. The topological polar surface area (TPSA) is 29.5 Å².